The van der Waals surface area contributed by atoms with Crippen LogP contribution in [0.25, 0.3) is 5.57 Å². The lowest BCUT2D eigenvalue weighted by Crippen LogP contribution is -2.37. The summed E-state index contributed by atoms with van der Waals surface area (Å²) < 4.78 is 11.5. The van der Waals surface area contributed by atoms with Crippen molar-refractivity contribution in [1.82, 2.24) is 10.2 Å². The molecule has 1 aromatic rings. The van der Waals surface area contributed by atoms with Crippen molar-refractivity contribution in [3.8, 4) is 0 Å². The summed E-state index contributed by atoms with van der Waals surface area (Å²) in [5.41, 5.74) is 0.512. The number of dihydropyridines is 1. The SMILES string of the molecule is CN(C(=O)C1(C[S+](C)[O-])CC1)c1nnc(C2=CCCN=C2)s1. The number of anilines is 1. The van der Waals surface area contributed by atoms with Crippen LogP contribution in [-0.4, -0.2) is 52.5 Å². The van der Waals surface area contributed by atoms with E-state index in [1.54, 1.807) is 24.4 Å². The molecule has 1 amide bonds. The lowest BCUT2D eigenvalue weighted by atomic mass is 10.1. The number of carbonyl (C=O) groups is 1. The summed E-state index contributed by atoms with van der Waals surface area (Å²) in [4.78, 5) is 18.4. The fourth-order valence-corrected chi connectivity index (χ4v) is 4.52. The monoisotopic (exact) mass is 338 g/mol. The highest BCUT2D eigenvalue weighted by Crippen LogP contribution is 2.48. The molecule has 1 aliphatic heterocycles. The van der Waals surface area contributed by atoms with Crippen molar-refractivity contribution in [2.45, 2.75) is 19.3 Å². The number of carbonyl (C=O) groups excluding carboxylic acids is 1. The average molecular weight is 338 g/mol. The topological polar surface area (TPSA) is 81.5 Å². The lowest BCUT2D eigenvalue weighted by Gasteiger charge is -2.20. The first-order valence-corrected chi connectivity index (χ1v) is 9.68. The molecule has 6 nitrogen and oxygen atoms in total. The van der Waals surface area contributed by atoms with Crippen LogP contribution in [0.5, 0.6) is 0 Å². The van der Waals surface area contributed by atoms with E-state index < -0.39 is 16.6 Å². The van der Waals surface area contributed by atoms with E-state index in [2.05, 4.69) is 21.3 Å². The van der Waals surface area contributed by atoms with Gasteiger partial charge in [0.25, 0.3) is 0 Å². The Hall–Kier alpha value is -1.25. The second-order valence-corrected chi connectivity index (χ2v) is 8.13. The van der Waals surface area contributed by atoms with Gasteiger partial charge in [0.15, 0.2) is 5.01 Å². The number of nitrogens with zero attached hydrogens (tertiary/aromatic N) is 4. The molecular formula is C14H18N4O2S2. The lowest BCUT2D eigenvalue weighted by molar-refractivity contribution is -0.122. The van der Waals surface area contributed by atoms with Crippen molar-refractivity contribution < 1.29 is 9.35 Å². The van der Waals surface area contributed by atoms with Crippen LogP contribution >= 0.6 is 11.3 Å². The molecule has 0 radical (unpaired) electrons. The van der Waals surface area contributed by atoms with Gasteiger partial charge in [-0.2, -0.15) is 0 Å². The Morgan fingerprint density at radius 1 is 1.50 bits per heavy atom. The van der Waals surface area contributed by atoms with E-state index in [-0.39, 0.29) is 5.91 Å². The van der Waals surface area contributed by atoms with Gasteiger partial charge in [-0.15, -0.1) is 10.2 Å². The molecule has 0 aromatic carbocycles. The Balaban J connectivity index is 1.74. The zero-order valence-electron chi connectivity index (χ0n) is 12.6. The highest BCUT2D eigenvalue weighted by atomic mass is 32.2. The molecule has 0 bridgehead atoms. The first-order chi connectivity index (χ1) is 10.5. The molecule has 2 heterocycles. The molecule has 0 saturated heterocycles. The van der Waals surface area contributed by atoms with Crippen LogP contribution in [-0.2, 0) is 16.0 Å². The van der Waals surface area contributed by atoms with Gasteiger partial charge in [-0.25, -0.2) is 0 Å². The third-order valence-corrected chi connectivity index (χ3v) is 5.90. The van der Waals surface area contributed by atoms with Crippen LogP contribution in [0.2, 0.25) is 0 Å². The molecule has 1 atom stereocenters. The second kappa shape index (κ2) is 6.10. The summed E-state index contributed by atoms with van der Waals surface area (Å²) in [6.07, 6.45) is 8.05. The van der Waals surface area contributed by atoms with Crippen molar-refractivity contribution in [1.29, 1.82) is 0 Å². The minimum absolute atomic E-state index is 0.00306. The Morgan fingerprint density at radius 3 is 2.86 bits per heavy atom. The molecular weight excluding hydrogens is 320 g/mol. The molecule has 0 N–H and O–H groups in total. The molecule has 1 saturated carbocycles. The van der Waals surface area contributed by atoms with Crippen molar-refractivity contribution in [2.24, 2.45) is 10.4 Å². The maximum atomic E-state index is 12.6. The van der Waals surface area contributed by atoms with Gasteiger partial charge in [0.1, 0.15) is 5.75 Å². The molecule has 8 heteroatoms. The summed E-state index contributed by atoms with van der Waals surface area (Å²) in [5.74, 6) is 0.427. The maximum Gasteiger partial charge on any atom is 0.239 e. The predicted molar refractivity (Wildman–Crippen MR) is 89.9 cm³/mol. The van der Waals surface area contributed by atoms with Crippen LogP contribution in [0.1, 0.15) is 24.3 Å². The average Bonchev–Trinajstić information content (AvgIpc) is 3.12. The van der Waals surface area contributed by atoms with Crippen molar-refractivity contribution in [2.75, 3.05) is 30.5 Å². The van der Waals surface area contributed by atoms with Gasteiger partial charge in [-0.3, -0.25) is 14.7 Å². The number of amides is 1. The normalized spacial score (nSPS) is 20.4. The van der Waals surface area contributed by atoms with E-state index in [9.17, 15) is 9.35 Å². The molecule has 2 aliphatic rings. The number of hydrogen-bond donors (Lipinski definition) is 0. The van der Waals surface area contributed by atoms with E-state index >= 15 is 0 Å². The van der Waals surface area contributed by atoms with E-state index in [0.717, 1.165) is 36.4 Å². The first kappa shape index (κ1) is 15.6. The van der Waals surface area contributed by atoms with Crippen LogP contribution < -0.4 is 4.90 Å². The third kappa shape index (κ3) is 3.09. The largest absolute Gasteiger partial charge is 0.617 e. The maximum absolute atomic E-state index is 12.6. The summed E-state index contributed by atoms with van der Waals surface area (Å²) in [5, 5.41) is 9.65. The van der Waals surface area contributed by atoms with E-state index in [0.29, 0.717) is 10.9 Å². The molecule has 22 heavy (non-hydrogen) atoms. The highest BCUT2D eigenvalue weighted by Gasteiger charge is 2.54. The van der Waals surface area contributed by atoms with E-state index in [4.69, 9.17) is 0 Å². The zero-order chi connectivity index (χ0) is 15.7. The minimum atomic E-state index is -0.971. The van der Waals surface area contributed by atoms with E-state index in [1.165, 1.54) is 11.3 Å². The van der Waals surface area contributed by atoms with Crippen LogP contribution in [0.4, 0.5) is 5.13 Å². The van der Waals surface area contributed by atoms with Gasteiger partial charge in [-0.05, 0) is 19.3 Å². The summed E-state index contributed by atoms with van der Waals surface area (Å²) in [6.45, 7) is 0.810. The molecule has 1 aromatic heterocycles. The molecule has 1 unspecified atom stereocenters. The molecule has 118 valence electrons. The first-order valence-electron chi connectivity index (χ1n) is 7.14. The Bertz CT molecular complexity index is 635. The van der Waals surface area contributed by atoms with E-state index in [1.807, 2.05) is 0 Å². The number of hydrogen-bond acceptors (Lipinski definition) is 6. The molecule has 3 rings (SSSR count). The quantitative estimate of drug-likeness (QED) is 0.762. The molecule has 0 spiro atoms. The highest BCUT2D eigenvalue weighted by molar-refractivity contribution is 7.90. The fourth-order valence-electron chi connectivity index (χ4n) is 2.52. The summed E-state index contributed by atoms with van der Waals surface area (Å²) in [7, 11) is 1.72. The van der Waals surface area contributed by atoms with Gasteiger partial charge < -0.3 is 4.55 Å². The van der Waals surface area contributed by atoms with Crippen LogP contribution in [0.3, 0.4) is 0 Å². The van der Waals surface area contributed by atoms with Gasteiger partial charge in [-0.1, -0.05) is 28.6 Å². The van der Waals surface area contributed by atoms with Crippen molar-refractivity contribution in [3.63, 3.8) is 0 Å². The Kier molecular flexibility index (Phi) is 4.33. The fraction of sp³-hybridized carbons (Fsp3) is 0.571. The van der Waals surface area contributed by atoms with Crippen LogP contribution in [0.15, 0.2) is 11.1 Å². The molecule has 1 fully saturated rings. The number of aromatic nitrogens is 2. The van der Waals surface area contributed by atoms with Gasteiger partial charge in [0, 0.05) is 25.4 Å². The van der Waals surface area contributed by atoms with Gasteiger partial charge in [0.05, 0.1) is 11.7 Å². The number of rotatable bonds is 5. The zero-order valence-corrected chi connectivity index (χ0v) is 14.2. The second-order valence-electron chi connectivity index (χ2n) is 5.74. The Morgan fingerprint density at radius 2 is 2.27 bits per heavy atom. The number of aliphatic imine (C=N–C) groups is 1. The van der Waals surface area contributed by atoms with Crippen LogP contribution in [0, 0.1) is 5.41 Å². The minimum Gasteiger partial charge on any atom is -0.617 e. The number of allylic oxidation sites excluding steroid dienone is 1. The van der Waals surface area contributed by atoms with Gasteiger partial charge >= 0.3 is 0 Å². The third-order valence-electron chi connectivity index (χ3n) is 3.89. The standard InChI is InChI=1S/C14H18N4O2S2/c1-18(12(19)14(5-6-14)9-22(2)20)13-17-16-11(21-13)10-4-3-7-15-8-10/h4,8H,3,5-7,9H2,1-2H3. The molecule has 1 aliphatic carbocycles. The smallest absolute Gasteiger partial charge is 0.239 e. The van der Waals surface area contributed by atoms with Gasteiger partial charge in [0.2, 0.25) is 11.0 Å². The van der Waals surface area contributed by atoms with Crippen molar-refractivity contribution in [3.05, 3.63) is 11.1 Å². The Labute approximate surface area is 136 Å². The summed E-state index contributed by atoms with van der Waals surface area (Å²) >= 11 is 0.415. The predicted octanol–water partition coefficient (Wildman–Crippen LogP) is 1.52. The summed E-state index contributed by atoms with van der Waals surface area (Å²) in [6, 6.07) is 0. The van der Waals surface area contributed by atoms with Crippen molar-refractivity contribution >= 4 is 45.3 Å².